The van der Waals surface area contributed by atoms with Crippen molar-refractivity contribution in [1.82, 2.24) is 4.57 Å². The van der Waals surface area contributed by atoms with Crippen molar-refractivity contribution < 1.29 is 9.53 Å². The second kappa shape index (κ2) is 5.32. The SMILES string of the molecule is CCn1cc(Br)cc1C(=O)N1CCOc2ccccc21. The number of halogens is 1. The fourth-order valence-corrected chi connectivity index (χ4v) is 2.90. The van der Waals surface area contributed by atoms with Crippen molar-refractivity contribution in [3.63, 3.8) is 0 Å². The number of carbonyl (C=O) groups excluding carboxylic acids is 1. The van der Waals surface area contributed by atoms with Crippen molar-refractivity contribution in [2.75, 3.05) is 18.1 Å². The summed E-state index contributed by atoms with van der Waals surface area (Å²) in [6, 6.07) is 9.51. The van der Waals surface area contributed by atoms with Crippen LogP contribution in [0.3, 0.4) is 0 Å². The van der Waals surface area contributed by atoms with Gasteiger partial charge in [-0.05, 0) is 41.1 Å². The van der Waals surface area contributed by atoms with Gasteiger partial charge < -0.3 is 14.2 Å². The van der Waals surface area contributed by atoms with Crippen molar-refractivity contribution in [3.05, 3.63) is 46.7 Å². The quantitative estimate of drug-likeness (QED) is 0.844. The van der Waals surface area contributed by atoms with Gasteiger partial charge in [-0.2, -0.15) is 0 Å². The number of anilines is 1. The van der Waals surface area contributed by atoms with E-state index in [4.69, 9.17) is 4.74 Å². The van der Waals surface area contributed by atoms with Crippen LogP contribution in [-0.4, -0.2) is 23.6 Å². The molecular formula is C15H15BrN2O2. The molecule has 1 amide bonds. The molecule has 1 aromatic carbocycles. The number of hydrogen-bond donors (Lipinski definition) is 0. The molecule has 4 nitrogen and oxygen atoms in total. The zero-order valence-corrected chi connectivity index (χ0v) is 12.8. The molecular weight excluding hydrogens is 320 g/mol. The highest BCUT2D eigenvalue weighted by Crippen LogP contribution is 2.32. The summed E-state index contributed by atoms with van der Waals surface area (Å²) in [6.45, 7) is 3.88. The van der Waals surface area contributed by atoms with Crippen molar-refractivity contribution >= 4 is 27.5 Å². The molecule has 0 atom stereocenters. The summed E-state index contributed by atoms with van der Waals surface area (Å²) >= 11 is 3.43. The van der Waals surface area contributed by atoms with E-state index in [1.165, 1.54) is 0 Å². The number of carbonyl (C=O) groups is 1. The molecule has 0 N–H and O–H groups in total. The maximum Gasteiger partial charge on any atom is 0.275 e. The first-order chi connectivity index (χ1) is 9.70. The van der Waals surface area contributed by atoms with Crippen molar-refractivity contribution in [2.24, 2.45) is 0 Å². The molecule has 0 unspecified atom stereocenters. The molecule has 1 aromatic heterocycles. The average Bonchev–Trinajstić information content (AvgIpc) is 2.87. The number of amides is 1. The van der Waals surface area contributed by atoms with Gasteiger partial charge in [0.15, 0.2) is 0 Å². The van der Waals surface area contributed by atoms with Gasteiger partial charge in [0, 0.05) is 17.2 Å². The second-order valence-electron chi connectivity index (χ2n) is 4.60. The minimum absolute atomic E-state index is 0.00769. The lowest BCUT2D eigenvalue weighted by Gasteiger charge is -2.29. The number of aromatic nitrogens is 1. The molecule has 1 aliphatic rings. The van der Waals surface area contributed by atoms with Gasteiger partial charge in [-0.15, -0.1) is 0 Å². The summed E-state index contributed by atoms with van der Waals surface area (Å²) in [4.78, 5) is 14.6. The van der Waals surface area contributed by atoms with Crippen LogP contribution in [0.1, 0.15) is 17.4 Å². The van der Waals surface area contributed by atoms with Crippen LogP contribution in [0, 0.1) is 0 Å². The summed E-state index contributed by atoms with van der Waals surface area (Å²) in [6.07, 6.45) is 1.93. The monoisotopic (exact) mass is 334 g/mol. The molecule has 0 saturated heterocycles. The lowest BCUT2D eigenvalue weighted by Crippen LogP contribution is -2.38. The minimum Gasteiger partial charge on any atom is -0.490 e. The van der Waals surface area contributed by atoms with E-state index >= 15 is 0 Å². The van der Waals surface area contributed by atoms with E-state index < -0.39 is 0 Å². The van der Waals surface area contributed by atoms with Crippen LogP contribution < -0.4 is 9.64 Å². The van der Waals surface area contributed by atoms with Gasteiger partial charge in [-0.25, -0.2) is 0 Å². The average molecular weight is 335 g/mol. The summed E-state index contributed by atoms with van der Waals surface area (Å²) in [7, 11) is 0. The highest BCUT2D eigenvalue weighted by atomic mass is 79.9. The molecule has 2 heterocycles. The highest BCUT2D eigenvalue weighted by molar-refractivity contribution is 9.10. The third-order valence-electron chi connectivity index (χ3n) is 3.40. The van der Waals surface area contributed by atoms with Crippen LogP contribution in [0.2, 0.25) is 0 Å². The maximum atomic E-state index is 12.8. The summed E-state index contributed by atoms with van der Waals surface area (Å²) in [5.41, 5.74) is 1.53. The number of para-hydroxylation sites is 2. The summed E-state index contributed by atoms with van der Waals surface area (Å²) < 4.78 is 8.46. The number of ether oxygens (including phenoxy) is 1. The van der Waals surface area contributed by atoms with E-state index in [0.717, 1.165) is 22.5 Å². The van der Waals surface area contributed by atoms with Crippen molar-refractivity contribution in [2.45, 2.75) is 13.5 Å². The molecule has 0 saturated carbocycles. The normalized spacial score (nSPS) is 13.8. The van der Waals surface area contributed by atoms with Gasteiger partial charge >= 0.3 is 0 Å². The molecule has 0 radical (unpaired) electrons. The molecule has 0 bridgehead atoms. The van der Waals surface area contributed by atoms with Gasteiger partial charge in [0.2, 0.25) is 0 Å². The summed E-state index contributed by atoms with van der Waals surface area (Å²) in [5, 5.41) is 0. The Morgan fingerprint density at radius 3 is 3.00 bits per heavy atom. The van der Waals surface area contributed by atoms with E-state index in [9.17, 15) is 4.79 Å². The molecule has 104 valence electrons. The van der Waals surface area contributed by atoms with E-state index in [-0.39, 0.29) is 5.91 Å². The Morgan fingerprint density at radius 1 is 1.40 bits per heavy atom. The first-order valence-electron chi connectivity index (χ1n) is 6.60. The van der Waals surface area contributed by atoms with E-state index in [2.05, 4.69) is 15.9 Å². The smallest absolute Gasteiger partial charge is 0.275 e. The second-order valence-corrected chi connectivity index (χ2v) is 5.52. The van der Waals surface area contributed by atoms with Crippen LogP contribution in [0.4, 0.5) is 5.69 Å². The van der Waals surface area contributed by atoms with Crippen molar-refractivity contribution in [1.29, 1.82) is 0 Å². The molecule has 20 heavy (non-hydrogen) atoms. The van der Waals surface area contributed by atoms with Crippen LogP contribution in [0.25, 0.3) is 0 Å². The van der Waals surface area contributed by atoms with E-state index in [1.807, 2.05) is 48.0 Å². The molecule has 2 aromatic rings. The fourth-order valence-electron chi connectivity index (χ4n) is 2.43. The zero-order chi connectivity index (χ0) is 14.1. The number of rotatable bonds is 2. The van der Waals surface area contributed by atoms with Crippen LogP contribution in [0.15, 0.2) is 41.0 Å². The van der Waals surface area contributed by atoms with E-state index in [0.29, 0.717) is 18.8 Å². The Kier molecular flexibility index (Phi) is 3.53. The van der Waals surface area contributed by atoms with Gasteiger partial charge in [0.1, 0.15) is 18.1 Å². The minimum atomic E-state index is 0.00769. The molecule has 0 fully saturated rings. The Bertz CT molecular complexity index is 651. The predicted octanol–water partition coefficient (Wildman–Crippen LogP) is 3.31. The first kappa shape index (κ1) is 13.2. The standard InChI is InChI=1S/C15H15BrN2O2/c1-2-17-10-11(16)9-13(17)15(19)18-7-8-20-14-6-4-3-5-12(14)18/h3-6,9-10H,2,7-8H2,1H3. The topological polar surface area (TPSA) is 34.5 Å². The largest absolute Gasteiger partial charge is 0.490 e. The lowest BCUT2D eigenvalue weighted by atomic mass is 10.2. The number of nitrogens with zero attached hydrogens (tertiary/aromatic N) is 2. The molecule has 0 aliphatic carbocycles. The van der Waals surface area contributed by atoms with Gasteiger partial charge in [0.05, 0.1) is 12.2 Å². The number of aryl methyl sites for hydroxylation is 1. The Hall–Kier alpha value is -1.75. The van der Waals surface area contributed by atoms with Crippen LogP contribution >= 0.6 is 15.9 Å². The highest BCUT2D eigenvalue weighted by Gasteiger charge is 2.26. The molecule has 0 spiro atoms. The van der Waals surface area contributed by atoms with Gasteiger partial charge in [-0.1, -0.05) is 12.1 Å². The Morgan fingerprint density at radius 2 is 2.20 bits per heavy atom. The summed E-state index contributed by atoms with van der Waals surface area (Å²) in [5.74, 6) is 0.772. The number of hydrogen-bond acceptors (Lipinski definition) is 2. The Balaban J connectivity index is 1.99. The maximum absolute atomic E-state index is 12.8. The van der Waals surface area contributed by atoms with Crippen LogP contribution in [-0.2, 0) is 6.54 Å². The number of benzene rings is 1. The van der Waals surface area contributed by atoms with Crippen molar-refractivity contribution in [3.8, 4) is 5.75 Å². The third kappa shape index (κ3) is 2.22. The first-order valence-corrected chi connectivity index (χ1v) is 7.39. The molecule has 5 heteroatoms. The predicted molar refractivity (Wildman–Crippen MR) is 81.4 cm³/mol. The third-order valence-corrected chi connectivity index (χ3v) is 3.83. The number of fused-ring (bicyclic) bond motifs is 1. The van der Waals surface area contributed by atoms with Gasteiger partial charge in [0.25, 0.3) is 5.91 Å². The van der Waals surface area contributed by atoms with Crippen LogP contribution in [0.5, 0.6) is 5.75 Å². The molecule has 1 aliphatic heterocycles. The van der Waals surface area contributed by atoms with Gasteiger partial charge in [-0.3, -0.25) is 4.79 Å². The molecule has 3 rings (SSSR count). The zero-order valence-electron chi connectivity index (χ0n) is 11.2. The fraction of sp³-hybridized carbons (Fsp3) is 0.267. The van der Waals surface area contributed by atoms with E-state index in [1.54, 1.807) is 4.90 Å². The Labute approximate surface area is 126 Å². The lowest BCUT2D eigenvalue weighted by molar-refractivity contribution is 0.0968.